The molecule has 1 heterocycles. The molecular formula is C12H13BrClNO2. The van der Waals surface area contributed by atoms with Crippen LogP contribution in [-0.2, 0) is 4.74 Å². The van der Waals surface area contributed by atoms with E-state index in [-0.39, 0.29) is 12.0 Å². The first-order valence-corrected chi connectivity index (χ1v) is 6.56. The van der Waals surface area contributed by atoms with E-state index in [1.165, 1.54) is 0 Å². The van der Waals surface area contributed by atoms with Crippen molar-refractivity contribution in [3.63, 3.8) is 0 Å². The summed E-state index contributed by atoms with van der Waals surface area (Å²) >= 11 is 9.22. The van der Waals surface area contributed by atoms with Crippen LogP contribution >= 0.6 is 27.5 Å². The highest BCUT2D eigenvalue weighted by Gasteiger charge is 2.26. The lowest BCUT2D eigenvalue weighted by Crippen LogP contribution is -2.29. The van der Waals surface area contributed by atoms with Crippen LogP contribution in [0.15, 0.2) is 22.7 Å². The van der Waals surface area contributed by atoms with Crippen molar-refractivity contribution in [2.45, 2.75) is 12.5 Å². The topological polar surface area (TPSA) is 29.5 Å². The molecule has 2 rings (SSSR count). The molecule has 0 N–H and O–H groups in total. The van der Waals surface area contributed by atoms with Gasteiger partial charge in [-0.3, -0.25) is 4.79 Å². The summed E-state index contributed by atoms with van der Waals surface area (Å²) in [5.74, 6) is 0.0296. The Balaban J connectivity index is 2.12. The highest BCUT2D eigenvalue weighted by Crippen LogP contribution is 2.24. The maximum atomic E-state index is 12.2. The Labute approximate surface area is 114 Å². The number of methoxy groups -OCH3 is 1. The average molecular weight is 319 g/mol. The number of carbonyl (C=O) groups excluding carboxylic acids is 1. The maximum Gasteiger partial charge on any atom is 0.253 e. The Kier molecular flexibility index (Phi) is 4.07. The van der Waals surface area contributed by atoms with Gasteiger partial charge in [0.25, 0.3) is 5.91 Å². The smallest absolute Gasteiger partial charge is 0.253 e. The van der Waals surface area contributed by atoms with Gasteiger partial charge >= 0.3 is 0 Å². The van der Waals surface area contributed by atoms with Crippen LogP contribution in [0.3, 0.4) is 0 Å². The summed E-state index contributed by atoms with van der Waals surface area (Å²) in [6.07, 6.45) is 1.06. The molecule has 1 saturated heterocycles. The van der Waals surface area contributed by atoms with Gasteiger partial charge in [-0.05, 0) is 40.5 Å². The van der Waals surface area contributed by atoms with Gasteiger partial charge in [0.05, 0.1) is 11.1 Å². The number of hydrogen-bond donors (Lipinski definition) is 0. The van der Waals surface area contributed by atoms with Gasteiger partial charge in [0, 0.05) is 30.2 Å². The molecule has 0 radical (unpaired) electrons. The van der Waals surface area contributed by atoms with Crippen LogP contribution in [0, 0.1) is 0 Å². The third-order valence-electron chi connectivity index (χ3n) is 2.93. The molecule has 5 heteroatoms. The Bertz CT molecular complexity index is 439. The van der Waals surface area contributed by atoms with Crippen LogP contribution in [-0.4, -0.2) is 37.1 Å². The second-order valence-corrected chi connectivity index (χ2v) is 5.29. The molecular weight excluding hydrogens is 305 g/mol. The van der Waals surface area contributed by atoms with E-state index in [0.29, 0.717) is 17.1 Å². The van der Waals surface area contributed by atoms with E-state index in [1.807, 2.05) is 4.90 Å². The molecule has 17 heavy (non-hydrogen) atoms. The van der Waals surface area contributed by atoms with Crippen LogP contribution in [0.2, 0.25) is 5.02 Å². The second-order valence-electron chi connectivity index (χ2n) is 4.03. The number of halogens is 2. The van der Waals surface area contributed by atoms with E-state index in [0.717, 1.165) is 17.4 Å². The van der Waals surface area contributed by atoms with Gasteiger partial charge in [0.1, 0.15) is 0 Å². The summed E-state index contributed by atoms with van der Waals surface area (Å²) in [6, 6.07) is 5.23. The molecule has 92 valence electrons. The minimum Gasteiger partial charge on any atom is -0.380 e. The molecule has 1 aliphatic heterocycles. The predicted octanol–water partition coefficient (Wildman–Crippen LogP) is 2.96. The number of benzene rings is 1. The fraction of sp³-hybridized carbons (Fsp3) is 0.417. The fourth-order valence-corrected chi connectivity index (χ4v) is 2.41. The quantitative estimate of drug-likeness (QED) is 0.839. The summed E-state index contributed by atoms with van der Waals surface area (Å²) < 4.78 is 5.99. The van der Waals surface area contributed by atoms with Gasteiger partial charge < -0.3 is 9.64 Å². The van der Waals surface area contributed by atoms with Crippen LogP contribution in [0.4, 0.5) is 0 Å². The molecule has 0 aliphatic carbocycles. The van der Waals surface area contributed by atoms with Crippen molar-refractivity contribution in [2.75, 3.05) is 20.2 Å². The van der Waals surface area contributed by atoms with Crippen LogP contribution in [0.1, 0.15) is 16.8 Å². The molecule has 1 aromatic carbocycles. The van der Waals surface area contributed by atoms with Gasteiger partial charge in [-0.2, -0.15) is 0 Å². The van der Waals surface area contributed by atoms with Crippen molar-refractivity contribution in [3.8, 4) is 0 Å². The number of rotatable bonds is 2. The number of nitrogens with zero attached hydrogens (tertiary/aromatic N) is 1. The number of hydrogen-bond acceptors (Lipinski definition) is 2. The van der Waals surface area contributed by atoms with Crippen molar-refractivity contribution in [1.29, 1.82) is 0 Å². The fourth-order valence-electron chi connectivity index (χ4n) is 1.92. The molecule has 1 atom stereocenters. The van der Waals surface area contributed by atoms with E-state index in [9.17, 15) is 4.79 Å². The van der Waals surface area contributed by atoms with Crippen molar-refractivity contribution < 1.29 is 9.53 Å². The van der Waals surface area contributed by atoms with Crippen molar-refractivity contribution >= 4 is 33.4 Å². The molecule has 0 bridgehead atoms. The van der Waals surface area contributed by atoms with E-state index >= 15 is 0 Å². The monoisotopic (exact) mass is 317 g/mol. The summed E-state index contributed by atoms with van der Waals surface area (Å²) in [6.45, 7) is 1.41. The second kappa shape index (κ2) is 5.38. The lowest BCUT2D eigenvalue weighted by atomic mass is 10.2. The Morgan fingerprint density at radius 3 is 2.94 bits per heavy atom. The zero-order chi connectivity index (χ0) is 12.4. The molecule has 1 unspecified atom stereocenters. The zero-order valence-corrected chi connectivity index (χ0v) is 11.8. The summed E-state index contributed by atoms with van der Waals surface area (Å²) in [5.41, 5.74) is 0.651. The first kappa shape index (κ1) is 12.9. The molecule has 1 aromatic rings. The lowest BCUT2D eigenvalue weighted by molar-refractivity contribution is 0.0724. The Morgan fingerprint density at radius 1 is 1.59 bits per heavy atom. The molecule has 0 saturated carbocycles. The standard InChI is InChI=1S/C12H13BrClNO2/c1-17-9-4-5-15(7-9)12(16)8-2-3-11(14)10(13)6-8/h2-3,6,9H,4-5,7H2,1H3. The van der Waals surface area contributed by atoms with Gasteiger partial charge in [-0.25, -0.2) is 0 Å². The molecule has 0 aromatic heterocycles. The van der Waals surface area contributed by atoms with Gasteiger partial charge in [0.15, 0.2) is 0 Å². The van der Waals surface area contributed by atoms with E-state index in [4.69, 9.17) is 16.3 Å². The highest BCUT2D eigenvalue weighted by molar-refractivity contribution is 9.10. The first-order chi connectivity index (χ1) is 8.11. The maximum absolute atomic E-state index is 12.2. The summed E-state index contributed by atoms with van der Waals surface area (Å²) in [7, 11) is 1.68. The van der Waals surface area contributed by atoms with Gasteiger partial charge in [-0.1, -0.05) is 11.6 Å². The Hall–Kier alpha value is -0.580. The van der Waals surface area contributed by atoms with E-state index in [1.54, 1.807) is 25.3 Å². The van der Waals surface area contributed by atoms with Gasteiger partial charge in [0.2, 0.25) is 0 Å². The molecule has 1 amide bonds. The SMILES string of the molecule is COC1CCN(C(=O)c2ccc(Cl)c(Br)c2)C1. The van der Waals surface area contributed by atoms with E-state index in [2.05, 4.69) is 15.9 Å². The molecule has 0 spiro atoms. The Morgan fingerprint density at radius 2 is 2.35 bits per heavy atom. The lowest BCUT2D eigenvalue weighted by Gasteiger charge is -2.16. The van der Waals surface area contributed by atoms with E-state index < -0.39 is 0 Å². The van der Waals surface area contributed by atoms with Crippen LogP contribution in [0.5, 0.6) is 0 Å². The molecule has 1 fully saturated rings. The summed E-state index contributed by atoms with van der Waals surface area (Å²) in [5, 5.41) is 0.609. The number of amides is 1. The number of likely N-dealkylation sites (tertiary alicyclic amines) is 1. The number of carbonyl (C=O) groups is 1. The highest BCUT2D eigenvalue weighted by atomic mass is 79.9. The average Bonchev–Trinajstić information content (AvgIpc) is 2.80. The normalized spacial score (nSPS) is 19.7. The van der Waals surface area contributed by atoms with Crippen LogP contribution < -0.4 is 0 Å². The third kappa shape index (κ3) is 2.81. The zero-order valence-electron chi connectivity index (χ0n) is 9.45. The largest absolute Gasteiger partial charge is 0.380 e. The van der Waals surface area contributed by atoms with Crippen molar-refractivity contribution in [2.24, 2.45) is 0 Å². The summed E-state index contributed by atoms with van der Waals surface area (Å²) in [4.78, 5) is 14.0. The molecule has 1 aliphatic rings. The third-order valence-corrected chi connectivity index (χ3v) is 4.15. The van der Waals surface area contributed by atoms with Crippen molar-refractivity contribution in [3.05, 3.63) is 33.3 Å². The predicted molar refractivity (Wildman–Crippen MR) is 70.5 cm³/mol. The first-order valence-electron chi connectivity index (χ1n) is 5.39. The van der Waals surface area contributed by atoms with Gasteiger partial charge in [-0.15, -0.1) is 0 Å². The molecule has 3 nitrogen and oxygen atoms in total. The van der Waals surface area contributed by atoms with Crippen molar-refractivity contribution in [1.82, 2.24) is 4.90 Å². The minimum absolute atomic E-state index is 0.0296. The number of ether oxygens (including phenoxy) is 1. The van der Waals surface area contributed by atoms with Crippen LogP contribution in [0.25, 0.3) is 0 Å². The minimum atomic E-state index is 0.0296.